The number of carbonyl (C=O) groups is 1. The number of hydrogen-bond donors (Lipinski definition) is 1. The van der Waals surface area contributed by atoms with Crippen LogP contribution in [0.4, 0.5) is 24.5 Å². The van der Waals surface area contributed by atoms with Crippen LogP contribution in [0, 0.1) is 0 Å². The highest BCUT2D eigenvalue weighted by atomic mass is 35.5. The minimum atomic E-state index is -4.62. The van der Waals surface area contributed by atoms with Crippen LogP contribution in [0.2, 0.25) is 5.02 Å². The quantitative estimate of drug-likeness (QED) is 0.442. The van der Waals surface area contributed by atoms with E-state index in [1.54, 1.807) is 24.3 Å². The third-order valence-electron chi connectivity index (χ3n) is 4.67. The molecule has 1 amide bonds. The number of nitrogens with one attached hydrogen (secondary N) is 1. The fourth-order valence-corrected chi connectivity index (χ4v) is 4.14. The molecule has 0 unspecified atom stereocenters. The molecule has 0 aliphatic heterocycles. The van der Waals surface area contributed by atoms with Crippen LogP contribution in [0.1, 0.15) is 11.1 Å². The van der Waals surface area contributed by atoms with Crippen LogP contribution in [0.5, 0.6) is 5.75 Å². The van der Waals surface area contributed by atoms with Crippen molar-refractivity contribution in [3.05, 3.63) is 88.9 Å². The second kappa shape index (κ2) is 10.4. The van der Waals surface area contributed by atoms with E-state index in [2.05, 4.69) is 5.32 Å². The Balaban J connectivity index is 1.67. The van der Waals surface area contributed by atoms with E-state index in [0.717, 1.165) is 18.4 Å². The Kier molecular flexibility index (Phi) is 7.73. The highest BCUT2D eigenvalue weighted by Gasteiger charge is 2.33. The molecular formula is C23H20ClF3N2O4S. The maximum Gasteiger partial charge on any atom is 0.418 e. The number of amides is 1. The molecule has 0 atom stereocenters. The zero-order valence-electron chi connectivity index (χ0n) is 17.8. The van der Waals surface area contributed by atoms with Crippen molar-refractivity contribution in [2.45, 2.75) is 12.7 Å². The summed E-state index contributed by atoms with van der Waals surface area (Å²) in [5.74, 6) is -0.550. The van der Waals surface area contributed by atoms with E-state index >= 15 is 0 Å². The molecule has 3 aromatic carbocycles. The molecular weight excluding hydrogens is 493 g/mol. The van der Waals surface area contributed by atoms with Gasteiger partial charge in [-0.25, -0.2) is 8.42 Å². The van der Waals surface area contributed by atoms with Gasteiger partial charge in [-0.2, -0.15) is 13.2 Å². The van der Waals surface area contributed by atoms with Crippen molar-refractivity contribution < 1.29 is 31.1 Å². The standard InChI is InChI=1S/C23H20ClF3N2O4S/c1-34(31,32)29(14-16-6-2-4-8-20(16)24)17-10-12-18(13-11-17)33-15-22(30)28-21-9-5-3-7-19(21)23(25,26)27/h2-13H,14-15H2,1H3,(H,28,30). The van der Waals surface area contributed by atoms with E-state index in [-0.39, 0.29) is 18.0 Å². The van der Waals surface area contributed by atoms with E-state index in [9.17, 15) is 26.4 Å². The number of anilines is 2. The number of nitrogens with zero attached hydrogens (tertiary/aromatic N) is 1. The molecule has 0 saturated heterocycles. The van der Waals surface area contributed by atoms with Gasteiger partial charge in [-0.15, -0.1) is 0 Å². The molecule has 0 spiro atoms. The first-order valence-corrected chi connectivity index (χ1v) is 12.1. The minimum absolute atomic E-state index is 0.0136. The van der Waals surface area contributed by atoms with E-state index in [1.807, 2.05) is 0 Å². The van der Waals surface area contributed by atoms with Crippen LogP contribution in [0.3, 0.4) is 0 Å². The molecule has 6 nitrogen and oxygen atoms in total. The van der Waals surface area contributed by atoms with Gasteiger partial charge in [0.2, 0.25) is 10.0 Å². The average Bonchev–Trinajstić information content (AvgIpc) is 2.76. The van der Waals surface area contributed by atoms with Crippen molar-refractivity contribution >= 4 is 38.9 Å². The van der Waals surface area contributed by atoms with Crippen molar-refractivity contribution in [2.75, 3.05) is 22.5 Å². The molecule has 0 aliphatic rings. The number of ether oxygens (including phenoxy) is 1. The summed E-state index contributed by atoms with van der Waals surface area (Å²) in [6, 6.07) is 17.4. The van der Waals surface area contributed by atoms with E-state index in [4.69, 9.17) is 16.3 Å². The second-order valence-electron chi connectivity index (χ2n) is 7.24. The number of hydrogen-bond acceptors (Lipinski definition) is 4. The smallest absolute Gasteiger partial charge is 0.418 e. The molecule has 34 heavy (non-hydrogen) atoms. The number of para-hydroxylation sites is 1. The van der Waals surface area contributed by atoms with Crippen molar-refractivity contribution in [2.24, 2.45) is 0 Å². The maximum absolute atomic E-state index is 13.1. The second-order valence-corrected chi connectivity index (χ2v) is 9.55. The van der Waals surface area contributed by atoms with E-state index in [1.165, 1.54) is 40.7 Å². The van der Waals surface area contributed by atoms with Gasteiger partial charge in [0, 0.05) is 5.02 Å². The number of sulfonamides is 1. The lowest BCUT2D eigenvalue weighted by molar-refractivity contribution is -0.137. The fraction of sp³-hybridized carbons (Fsp3) is 0.174. The summed E-state index contributed by atoms with van der Waals surface area (Å²) in [6.45, 7) is -0.527. The van der Waals surface area contributed by atoms with Gasteiger partial charge in [0.05, 0.1) is 29.7 Å². The Labute approximate surface area is 200 Å². The summed E-state index contributed by atoms with van der Waals surface area (Å²) in [5.41, 5.74) is -0.376. The Morgan fingerprint density at radius 3 is 2.24 bits per heavy atom. The summed E-state index contributed by atoms with van der Waals surface area (Å²) in [6.07, 6.45) is -3.55. The molecule has 3 rings (SSSR count). The molecule has 0 radical (unpaired) electrons. The lowest BCUT2D eigenvalue weighted by Crippen LogP contribution is -2.29. The van der Waals surface area contributed by atoms with Gasteiger partial charge < -0.3 is 10.1 Å². The lowest BCUT2D eigenvalue weighted by Gasteiger charge is -2.23. The highest BCUT2D eigenvalue weighted by Crippen LogP contribution is 2.34. The first-order chi connectivity index (χ1) is 15.9. The topological polar surface area (TPSA) is 75.7 Å². The van der Waals surface area contributed by atoms with Gasteiger partial charge in [-0.1, -0.05) is 41.9 Å². The molecule has 180 valence electrons. The largest absolute Gasteiger partial charge is 0.484 e. The van der Waals surface area contributed by atoms with Gasteiger partial charge in [-0.3, -0.25) is 9.10 Å². The molecule has 0 fully saturated rings. The molecule has 0 aromatic heterocycles. The Morgan fingerprint density at radius 1 is 1.00 bits per heavy atom. The molecule has 1 N–H and O–H groups in total. The van der Waals surface area contributed by atoms with Crippen LogP contribution < -0.4 is 14.4 Å². The van der Waals surface area contributed by atoms with Crippen LogP contribution >= 0.6 is 11.6 Å². The number of alkyl halides is 3. The number of benzene rings is 3. The van der Waals surface area contributed by atoms with Crippen molar-refractivity contribution in [1.82, 2.24) is 0 Å². The molecule has 0 heterocycles. The average molecular weight is 513 g/mol. The predicted octanol–water partition coefficient (Wildman–Crippen LogP) is 5.34. The minimum Gasteiger partial charge on any atom is -0.484 e. The summed E-state index contributed by atoms with van der Waals surface area (Å²) in [7, 11) is -3.64. The van der Waals surface area contributed by atoms with Gasteiger partial charge >= 0.3 is 6.18 Å². The van der Waals surface area contributed by atoms with Gasteiger partial charge in [0.15, 0.2) is 6.61 Å². The summed E-state index contributed by atoms with van der Waals surface area (Å²) >= 11 is 6.15. The van der Waals surface area contributed by atoms with E-state index < -0.39 is 34.3 Å². The lowest BCUT2D eigenvalue weighted by atomic mass is 10.1. The van der Waals surface area contributed by atoms with Crippen molar-refractivity contribution in [1.29, 1.82) is 0 Å². The Morgan fingerprint density at radius 2 is 1.62 bits per heavy atom. The molecule has 11 heteroatoms. The summed E-state index contributed by atoms with van der Waals surface area (Å²) < 4.78 is 70.4. The fourth-order valence-electron chi connectivity index (χ4n) is 3.06. The number of halogens is 4. The SMILES string of the molecule is CS(=O)(=O)N(Cc1ccccc1Cl)c1ccc(OCC(=O)Nc2ccccc2C(F)(F)F)cc1. The van der Waals surface area contributed by atoms with Crippen LogP contribution in [0.25, 0.3) is 0 Å². The molecule has 3 aromatic rings. The third kappa shape index (κ3) is 6.64. The maximum atomic E-state index is 13.1. The summed E-state index contributed by atoms with van der Waals surface area (Å²) in [5, 5.41) is 2.61. The zero-order chi connectivity index (χ0) is 24.9. The number of rotatable bonds is 8. The summed E-state index contributed by atoms with van der Waals surface area (Å²) in [4.78, 5) is 12.1. The number of carbonyl (C=O) groups excluding carboxylic acids is 1. The van der Waals surface area contributed by atoms with Gasteiger partial charge in [0.1, 0.15) is 5.75 Å². The van der Waals surface area contributed by atoms with Crippen LogP contribution in [-0.2, 0) is 27.5 Å². The third-order valence-corrected chi connectivity index (χ3v) is 6.18. The van der Waals surface area contributed by atoms with Crippen molar-refractivity contribution in [3.63, 3.8) is 0 Å². The van der Waals surface area contributed by atoms with Crippen LogP contribution in [0.15, 0.2) is 72.8 Å². The first-order valence-electron chi connectivity index (χ1n) is 9.85. The monoisotopic (exact) mass is 512 g/mol. The Hall–Kier alpha value is -3.24. The molecule has 0 bridgehead atoms. The van der Waals surface area contributed by atoms with Gasteiger partial charge in [-0.05, 0) is 48.0 Å². The zero-order valence-corrected chi connectivity index (χ0v) is 19.4. The molecule has 0 aliphatic carbocycles. The normalized spacial score (nSPS) is 11.7. The highest BCUT2D eigenvalue weighted by molar-refractivity contribution is 7.92. The predicted molar refractivity (Wildman–Crippen MR) is 124 cm³/mol. The van der Waals surface area contributed by atoms with Gasteiger partial charge in [0.25, 0.3) is 5.91 Å². The van der Waals surface area contributed by atoms with Crippen molar-refractivity contribution in [3.8, 4) is 5.75 Å². The molecule has 0 saturated carbocycles. The van der Waals surface area contributed by atoms with E-state index in [0.29, 0.717) is 16.3 Å². The van der Waals surface area contributed by atoms with Crippen LogP contribution in [-0.4, -0.2) is 27.2 Å². The Bertz CT molecular complexity index is 1270. The first kappa shape index (κ1) is 25.4.